The molecule has 0 heterocycles. The summed E-state index contributed by atoms with van der Waals surface area (Å²) in [7, 11) is -4.75. The Labute approximate surface area is 467 Å². The first-order valence-corrected chi connectivity index (χ1v) is 33.4. The minimum Gasteiger partial charge on any atom is -0.462 e. The van der Waals surface area contributed by atoms with Crippen LogP contribution in [0.15, 0.2) is 36.5 Å². The fraction of sp³-hybridized carbons (Fsp3) is 0.859. The van der Waals surface area contributed by atoms with Crippen LogP contribution in [0.4, 0.5) is 0 Å². The van der Waals surface area contributed by atoms with Crippen molar-refractivity contribution in [1.82, 2.24) is 0 Å². The van der Waals surface area contributed by atoms with Crippen molar-refractivity contribution < 1.29 is 52.2 Å². The molecule has 0 saturated heterocycles. The second-order valence-corrected chi connectivity index (χ2v) is 23.0. The lowest BCUT2D eigenvalue weighted by atomic mass is 10.0. The van der Waals surface area contributed by atoms with Gasteiger partial charge in [-0.2, -0.15) is 0 Å². The van der Waals surface area contributed by atoms with Crippen LogP contribution in [0.2, 0.25) is 0 Å². The number of hydrogen-bond acceptors (Lipinski definition) is 10. The Kier molecular flexibility index (Phi) is 57.1. The Bertz CT molecular complexity index is 1420. The molecular weight excluding hydrogens is 976 g/mol. The topological polar surface area (TPSA) is 155 Å². The predicted molar refractivity (Wildman–Crippen MR) is 316 cm³/mol. The zero-order chi connectivity index (χ0) is 55.5. The summed E-state index contributed by atoms with van der Waals surface area (Å²) in [6.07, 6.45) is 62.3. The zero-order valence-corrected chi connectivity index (χ0v) is 50.4. The van der Waals surface area contributed by atoms with E-state index in [0.29, 0.717) is 19.3 Å². The summed E-state index contributed by atoms with van der Waals surface area (Å²) in [5.74, 6) is -1.45. The van der Waals surface area contributed by atoms with Gasteiger partial charge in [-0.15, -0.1) is 0 Å². The third-order valence-corrected chi connectivity index (χ3v) is 15.0. The highest BCUT2D eigenvalue weighted by molar-refractivity contribution is 7.47. The van der Waals surface area contributed by atoms with E-state index < -0.39 is 57.8 Å². The smallest absolute Gasteiger partial charge is 0.462 e. The zero-order valence-electron chi connectivity index (χ0n) is 49.5. The third-order valence-electron chi connectivity index (χ3n) is 14.0. The molecule has 0 aliphatic heterocycles. The van der Waals surface area contributed by atoms with Crippen LogP contribution in [0.3, 0.4) is 0 Å². The van der Waals surface area contributed by atoms with E-state index in [4.69, 9.17) is 23.3 Å². The number of aliphatic hydroxyl groups excluding tert-OH is 1. The monoisotopic (exact) mass is 1090 g/mol. The summed E-state index contributed by atoms with van der Waals surface area (Å²) in [6, 6.07) is 0. The lowest BCUT2D eigenvalue weighted by Gasteiger charge is -2.21. The molecule has 0 rings (SSSR count). The molecule has 0 aromatic carbocycles. The van der Waals surface area contributed by atoms with Gasteiger partial charge < -0.3 is 24.2 Å². The van der Waals surface area contributed by atoms with Gasteiger partial charge in [-0.3, -0.25) is 23.4 Å². The van der Waals surface area contributed by atoms with Gasteiger partial charge in [-0.1, -0.05) is 256 Å². The van der Waals surface area contributed by atoms with Crippen molar-refractivity contribution in [2.24, 2.45) is 0 Å². The molecule has 0 spiro atoms. The Hall–Kier alpha value is -2.30. The molecule has 0 bridgehead atoms. The fourth-order valence-corrected chi connectivity index (χ4v) is 9.93. The lowest BCUT2D eigenvalue weighted by molar-refractivity contribution is -0.161. The number of ether oxygens (including phenoxy) is 3. The summed E-state index contributed by atoms with van der Waals surface area (Å²) in [5.41, 5.74) is 0. The number of esters is 3. The largest absolute Gasteiger partial charge is 0.472 e. The summed E-state index contributed by atoms with van der Waals surface area (Å²) >= 11 is 0. The second kappa shape index (κ2) is 58.8. The normalized spacial score (nSPS) is 13.5. The van der Waals surface area contributed by atoms with Gasteiger partial charge in [-0.25, -0.2) is 4.57 Å². The highest BCUT2D eigenvalue weighted by atomic mass is 31.2. The highest BCUT2D eigenvalue weighted by Crippen LogP contribution is 2.43. The molecule has 0 radical (unpaired) electrons. The molecule has 3 atom stereocenters. The average Bonchev–Trinajstić information content (AvgIpc) is 3.41. The third kappa shape index (κ3) is 56.4. The van der Waals surface area contributed by atoms with Crippen LogP contribution in [0.1, 0.15) is 316 Å². The quantitative estimate of drug-likeness (QED) is 0.0197. The number of phosphoric acid groups is 1. The Balaban J connectivity index is 4.68. The van der Waals surface area contributed by atoms with Crippen molar-refractivity contribution in [2.45, 2.75) is 328 Å². The van der Waals surface area contributed by atoms with Crippen LogP contribution < -0.4 is 0 Å². The second-order valence-electron chi connectivity index (χ2n) is 21.6. The van der Waals surface area contributed by atoms with Crippen molar-refractivity contribution in [3.8, 4) is 0 Å². The highest BCUT2D eigenvalue weighted by Gasteiger charge is 2.28. The first-order chi connectivity index (χ1) is 37.2. The van der Waals surface area contributed by atoms with E-state index in [-0.39, 0.29) is 25.9 Å². The predicted octanol–water partition coefficient (Wildman–Crippen LogP) is 19.2. The SMILES string of the molecule is CCCCC/C=C\C/C=C\CCCCCCCCCCCC(=O)OCC(COP(=O)(O)OCC(CO)OC(=O)CCCCCCC/C=C\CCCCCC)OC(=O)CCCCCCCCCCCCCCCCCCC. The molecule has 0 amide bonds. The van der Waals surface area contributed by atoms with Gasteiger partial charge in [-0.05, 0) is 77.0 Å². The first-order valence-electron chi connectivity index (χ1n) is 31.9. The fourth-order valence-electron chi connectivity index (χ4n) is 9.15. The van der Waals surface area contributed by atoms with E-state index >= 15 is 0 Å². The molecule has 11 nitrogen and oxygen atoms in total. The van der Waals surface area contributed by atoms with E-state index in [1.54, 1.807) is 0 Å². The number of aliphatic hydroxyl groups is 1. The van der Waals surface area contributed by atoms with Crippen molar-refractivity contribution >= 4 is 25.7 Å². The maximum atomic E-state index is 12.9. The Morgan fingerprint density at radius 1 is 0.368 bits per heavy atom. The molecule has 0 aromatic heterocycles. The van der Waals surface area contributed by atoms with E-state index in [1.807, 2.05) is 0 Å². The standard InChI is InChI=1S/C64H119O11P/c1-4-7-10-13-16-19-22-25-27-29-30-32-33-36-38-41-44-47-50-53-62(66)71-57-61(75-64(68)55-52-49-46-43-40-37-34-31-28-26-23-20-17-14-11-8-5-2)59-73-76(69,70)72-58-60(56-65)74-63(67)54-51-48-45-42-39-35-24-21-18-15-12-9-6-3/h16,19,21,24-25,27,60-61,65H,4-15,17-18,20,22-23,26,28-59H2,1-3H3,(H,69,70)/b19-16-,24-21-,27-25-. The minimum absolute atomic E-state index is 0.170. The number of allylic oxidation sites excluding steroid dienone is 6. The van der Waals surface area contributed by atoms with E-state index in [1.165, 1.54) is 167 Å². The van der Waals surface area contributed by atoms with E-state index in [0.717, 1.165) is 89.9 Å². The average molecular weight is 1100 g/mol. The number of phosphoric ester groups is 1. The van der Waals surface area contributed by atoms with Gasteiger partial charge in [0.25, 0.3) is 0 Å². The van der Waals surface area contributed by atoms with Gasteiger partial charge in [0.15, 0.2) is 6.10 Å². The number of rotatable bonds is 60. The molecule has 446 valence electrons. The Morgan fingerprint density at radius 2 is 0.645 bits per heavy atom. The molecule has 3 unspecified atom stereocenters. The molecule has 0 aromatic rings. The molecule has 76 heavy (non-hydrogen) atoms. The van der Waals surface area contributed by atoms with Crippen LogP contribution >= 0.6 is 7.82 Å². The molecular formula is C64H119O11P. The molecule has 12 heteroatoms. The van der Waals surface area contributed by atoms with E-state index in [9.17, 15) is 28.9 Å². The van der Waals surface area contributed by atoms with Gasteiger partial charge in [0.1, 0.15) is 12.7 Å². The van der Waals surface area contributed by atoms with E-state index in [2.05, 4.69) is 57.2 Å². The van der Waals surface area contributed by atoms with Crippen LogP contribution in [0, 0.1) is 0 Å². The van der Waals surface area contributed by atoms with Crippen molar-refractivity contribution in [3.05, 3.63) is 36.5 Å². The molecule has 0 saturated carbocycles. The molecule has 0 aliphatic carbocycles. The first kappa shape index (κ1) is 73.7. The summed E-state index contributed by atoms with van der Waals surface area (Å²) < 4.78 is 39.7. The van der Waals surface area contributed by atoms with Crippen molar-refractivity contribution in [2.75, 3.05) is 26.4 Å². The number of unbranched alkanes of at least 4 members (excludes halogenated alkanes) is 37. The molecule has 2 N–H and O–H groups in total. The van der Waals surface area contributed by atoms with Gasteiger partial charge in [0, 0.05) is 19.3 Å². The van der Waals surface area contributed by atoms with Crippen molar-refractivity contribution in [3.63, 3.8) is 0 Å². The lowest BCUT2D eigenvalue weighted by Crippen LogP contribution is -2.30. The van der Waals surface area contributed by atoms with Crippen LogP contribution in [-0.4, -0.2) is 66.5 Å². The maximum absolute atomic E-state index is 12.9. The number of carbonyl (C=O) groups is 3. The summed E-state index contributed by atoms with van der Waals surface area (Å²) in [5, 5.41) is 9.83. The van der Waals surface area contributed by atoms with Crippen LogP contribution in [-0.2, 0) is 42.2 Å². The van der Waals surface area contributed by atoms with Crippen LogP contribution in [0.25, 0.3) is 0 Å². The maximum Gasteiger partial charge on any atom is 0.472 e. The van der Waals surface area contributed by atoms with Crippen molar-refractivity contribution in [1.29, 1.82) is 0 Å². The summed E-state index contributed by atoms with van der Waals surface area (Å²) in [4.78, 5) is 48.7. The molecule has 0 fully saturated rings. The van der Waals surface area contributed by atoms with Gasteiger partial charge in [0.2, 0.25) is 0 Å². The van der Waals surface area contributed by atoms with Gasteiger partial charge in [0.05, 0.1) is 19.8 Å². The Morgan fingerprint density at radius 3 is 1.03 bits per heavy atom. The number of hydrogen-bond donors (Lipinski definition) is 2. The minimum atomic E-state index is -4.75. The van der Waals surface area contributed by atoms with Crippen LogP contribution in [0.5, 0.6) is 0 Å². The number of carbonyl (C=O) groups excluding carboxylic acids is 3. The van der Waals surface area contributed by atoms with Gasteiger partial charge >= 0.3 is 25.7 Å². The molecule has 0 aliphatic rings. The summed E-state index contributed by atoms with van der Waals surface area (Å²) in [6.45, 7) is 4.66.